The van der Waals surface area contributed by atoms with Crippen LogP contribution in [0.2, 0.25) is 0 Å². The van der Waals surface area contributed by atoms with E-state index < -0.39 is 0 Å². The Kier molecular flexibility index (Phi) is 5.57. The molecule has 0 atom stereocenters. The van der Waals surface area contributed by atoms with Crippen LogP contribution in [0.25, 0.3) is 0 Å². The molecule has 2 aromatic heterocycles. The molecule has 1 aliphatic rings. The van der Waals surface area contributed by atoms with E-state index in [0.29, 0.717) is 12.3 Å². The van der Waals surface area contributed by atoms with Crippen molar-refractivity contribution in [3.8, 4) is 0 Å². The molecule has 6 heteroatoms. The van der Waals surface area contributed by atoms with Gasteiger partial charge in [-0.3, -0.25) is 9.48 Å². The Morgan fingerprint density at radius 2 is 2.04 bits per heavy atom. The molecule has 5 nitrogen and oxygen atoms in total. The summed E-state index contributed by atoms with van der Waals surface area (Å²) in [5.41, 5.74) is 4.61. The van der Waals surface area contributed by atoms with Crippen molar-refractivity contribution < 1.29 is 4.79 Å². The standard InChI is InChI=1S/C19H28N4OS/c1-12(2)11-23-14(4)15(13(3)22-23)9-10-18(24)21-19-20-16-7-5-6-8-17(16)25-19/h12H,5-11H2,1-4H3,(H,20,21,24). The fourth-order valence-electron chi connectivity index (χ4n) is 3.45. The monoisotopic (exact) mass is 360 g/mol. The first kappa shape index (κ1) is 18.1. The molecule has 1 aliphatic carbocycles. The zero-order chi connectivity index (χ0) is 18.0. The molecule has 0 spiro atoms. The van der Waals surface area contributed by atoms with Gasteiger partial charge in [0, 0.05) is 23.5 Å². The topological polar surface area (TPSA) is 59.8 Å². The first-order chi connectivity index (χ1) is 11.9. The molecule has 0 radical (unpaired) electrons. The third-order valence-electron chi connectivity index (χ3n) is 4.76. The van der Waals surface area contributed by atoms with Crippen molar-refractivity contribution in [2.75, 3.05) is 5.32 Å². The molecule has 2 aromatic rings. The molecule has 25 heavy (non-hydrogen) atoms. The number of nitrogens with zero attached hydrogens (tertiary/aromatic N) is 3. The largest absolute Gasteiger partial charge is 0.302 e. The Labute approximate surface area is 153 Å². The highest BCUT2D eigenvalue weighted by Crippen LogP contribution is 2.29. The molecule has 0 aliphatic heterocycles. The number of thiazole rings is 1. The van der Waals surface area contributed by atoms with Crippen LogP contribution < -0.4 is 5.32 Å². The van der Waals surface area contributed by atoms with Crippen molar-refractivity contribution in [1.29, 1.82) is 0 Å². The van der Waals surface area contributed by atoms with E-state index in [-0.39, 0.29) is 5.91 Å². The fraction of sp³-hybridized carbons (Fsp3) is 0.632. The minimum absolute atomic E-state index is 0.0431. The van der Waals surface area contributed by atoms with Gasteiger partial charge in [0.05, 0.1) is 11.4 Å². The predicted octanol–water partition coefficient (Wildman–Crippen LogP) is 4.06. The van der Waals surface area contributed by atoms with Crippen LogP contribution in [0.3, 0.4) is 0 Å². The maximum Gasteiger partial charge on any atom is 0.226 e. The van der Waals surface area contributed by atoms with Gasteiger partial charge in [0.2, 0.25) is 5.91 Å². The van der Waals surface area contributed by atoms with E-state index in [1.165, 1.54) is 34.7 Å². The number of anilines is 1. The molecule has 0 saturated heterocycles. The number of fused-ring (bicyclic) bond motifs is 1. The van der Waals surface area contributed by atoms with Crippen LogP contribution in [-0.4, -0.2) is 20.7 Å². The van der Waals surface area contributed by atoms with Crippen molar-refractivity contribution in [2.24, 2.45) is 5.92 Å². The summed E-state index contributed by atoms with van der Waals surface area (Å²) in [5.74, 6) is 0.603. The molecule has 2 heterocycles. The number of nitrogens with one attached hydrogen (secondary N) is 1. The average Bonchev–Trinajstić information content (AvgIpc) is 3.06. The van der Waals surface area contributed by atoms with Gasteiger partial charge < -0.3 is 5.32 Å². The Morgan fingerprint density at radius 1 is 1.28 bits per heavy atom. The van der Waals surface area contributed by atoms with Gasteiger partial charge in [-0.25, -0.2) is 4.98 Å². The normalized spacial score (nSPS) is 14.0. The second-order valence-electron chi connectivity index (χ2n) is 7.37. The van der Waals surface area contributed by atoms with Gasteiger partial charge in [-0.2, -0.15) is 5.10 Å². The van der Waals surface area contributed by atoms with Gasteiger partial charge in [0.1, 0.15) is 0 Å². The average molecular weight is 361 g/mol. The molecular formula is C19H28N4OS. The highest BCUT2D eigenvalue weighted by molar-refractivity contribution is 7.15. The highest BCUT2D eigenvalue weighted by atomic mass is 32.1. The zero-order valence-electron chi connectivity index (χ0n) is 15.7. The lowest BCUT2D eigenvalue weighted by Crippen LogP contribution is -2.13. The van der Waals surface area contributed by atoms with Crippen molar-refractivity contribution >= 4 is 22.4 Å². The third kappa shape index (κ3) is 4.29. The minimum atomic E-state index is 0.0431. The first-order valence-corrected chi connectivity index (χ1v) is 10.1. The van der Waals surface area contributed by atoms with E-state index in [9.17, 15) is 4.79 Å². The number of carbonyl (C=O) groups excluding carboxylic acids is 1. The van der Waals surface area contributed by atoms with Gasteiger partial charge in [0.25, 0.3) is 0 Å². The molecular weight excluding hydrogens is 332 g/mol. The molecule has 1 N–H and O–H groups in total. The summed E-state index contributed by atoms with van der Waals surface area (Å²) >= 11 is 1.64. The van der Waals surface area contributed by atoms with Gasteiger partial charge in [-0.1, -0.05) is 13.8 Å². The summed E-state index contributed by atoms with van der Waals surface area (Å²) in [4.78, 5) is 18.3. The van der Waals surface area contributed by atoms with E-state index in [1.807, 2.05) is 6.92 Å². The molecule has 136 valence electrons. The molecule has 1 amide bonds. The van der Waals surface area contributed by atoms with E-state index in [4.69, 9.17) is 0 Å². The van der Waals surface area contributed by atoms with Crippen molar-refractivity contribution in [3.05, 3.63) is 27.5 Å². The number of hydrogen-bond acceptors (Lipinski definition) is 4. The van der Waals surface area contributed by atoms with E-state index in [2.05, 4.69) is 40.9 Å². The van der Waals surface area contributed by atoms with Gasteiger partial charge in [-0.05, 0) is 57.4 Å². The quantitative estimate of drug-likeness (QED) is 0.845. The summed E-state index contributed by atoms with van der Waals surface area (Å²) in [5, 5.41) is 8.38. The SMILES string of the molecule is Cc1nn(CC(C)C)c(C)c1CCC(=O)Nc1nc2c(s1)CCCC2. The third-order valence-corrected chi connectivity index (χ3v) is 5.84. The molecule has 0 bridgehead atoms. The predicted molar refractivity (Wildman–Crippen MR) is 102 cm³/mol. The Morgan fingerprint density at radius 3 is 2.76 bits per heavy atom. The Hall–Kier alpha value is -1.69. The Balaban J connectivity index is 1.59. The zero-order valence-corrected chi connectivity index (χ0v) is 16.5. The lowest BCUT2D eigenvalue weighted by atomic mass is 10.0. The number of carbonyl (C=O) groups is 1. The van der Waals surface area contributed by atoms with E-state index in [0.717, 1.165) is 36.6 Å². The van der Waals surface area contributed by atoms with Crippen molar-refractivity contribution in [2.45, 2.75) is 72.8 Å². The number of amides is 1. The van der Waals surface area contributed by atoms with E-state index >= 15 is 0 Å². The Bertz CT molecular complexity index is 736. The van der Waals surface area contributed by atoms with Gasteiger partial charge in [0.15, 0.2) is 5.13 Å². The van der Waals surface area contributed by atoms with Gasteiger partial charge >= 0.3 is 0 Å². The second kappa shape index (κ2) is 7.68. The summed E-state index contributed by atoms with van der Waals surface area (Å²) in [7, 11) is 0. The summed E-state index contributed by atoms with van der Waals surface area (Å²) < 4.78 is 2.07. The van der Waals surface area contributed by atoms with Crippen LogP contribution in [0, 0.1) is 19.8 Å². The number of aryl methyl sites for hydroxylation is 3. The van der Waals surface area contributed by atoms with Crippen LogP contribution in [0.5, 0.6) is 0 Å². The smallest absolute Gasteiger partial charge is 0.226 e. The first-order valence-electron chi connectivity index (χ1n) is 9.25. The summed E-state index contributed by atoms with van der Waals surface area (Å²) in [6.07, 6.45) is 5.81. The summed E-state index contributed by atoms with van der Waals surface area (Å²) in [6.45, 7) is 9.44. The van der Waals surface area contributed by atoms with Crippen molar-refractivity contribution in [1.82, 2.24) is 14.8 Å². The van der Waals surface area contributed by atoms with E-state index in [1.54, 1.807) is 11.3 Å². The fourth-order valence-corrected chi connectivity index (χ4v) is 4.51. The second-order valence-corrected chi connectivity index (χ2v) is 8.45. The molecule has 0 aromatic carbocycles. The molecule has 0 unspecified atom stereocenters. The lowest BCUT2D eigenvalue weighted by Gasteiger charge is -2.08. The molecule has 0 fully saturated rings. The van der Waals surface area contributed by atoms with Crippen LogP contribution in [0.4, 0.5) is 5.13 Å². The molecule has 0 saturated carbocycles. The minimum Gasteiger partial charge on any atom is -0.302 e. The van der Waals surface area contributed by atoms with Crippen molar-refractivity contribution in [3.63, 3.8) is 0 Å². The van der Waals surface area contributed by atoms with Crippen LogP contribution in [0.15, 0.2) is 0 Å². The maximum absolute atomic E-state index is 12.3. The highest BCUT2D eigenvalue weighted by Gasteiger charge is 2.17. The maximum atomic E-state index is 12.3. The summed E-state index contributed by atoms with van der Waals surface area (Å²) in [6, 6.07) is 0. The van der Waals surface area contributed by atoms with Crippen LogP contribution in [-0.2, 0) is 30.6 Å². The van der Waals surface area contributed by atoms with Crippen LogP contribution >= 0.6 is 11.3 Å². The number of hydrogen-bond donors (Lipinski definition) is 1. The van der Waals surface area contributed by atoms with Gasteiger partial charge in [-0.15, -0.1) is 11.3 Å². The number of aromatic nitrogens is 3. The van der Waals surface area contributed by atoms with Crippen LogP contribution in [0.1, 0.15) is 60.6 Å². The lowest BCUT2D eigenvalue weighted by molar-refractivity contribution is -0.116. The molecule has 3 rings (SSSR count). The number of rotatable bonds is 6.